The third-order valence-corrected chi connectivity index (χ3v) is 2.01. The fourth-order valence-corrected chi connectivity index (χ4v) is 1.20. The monoisotopic (exact) mass is 236 g/mol. The summed E-state index contributed by atoms with van der Waals surface area (Å²) in [6, 6.07) is 3.64. The summed E-state index contributed by atoms with van der Waals surface area (Å²) < 4.78 is 17.6. The molecule has 0 bridgehead atoms. The van der Waals surface area contributed by atoms with Crippen molar-refractivity contribution in [3.05, 3.63) is 35.4 Å². The van der Waals surface area contributed by atoms with Gasteiger partial charge in [-0.05, 0) is 25.1 Å². The maximum absolute atomic E-state index is 12.9. The van der Waals surface area contributed by atoms with Crippen LogP contribution >= 0.6 is 0 Å². The van der Waals surface area contributed by atoms with Gasteiger partial charge in [-0.2, -0.15) is 4.98 Å². The number of amides is 1. The Bertz CT molecular complexity index is 567. The van der Waals surface area contributed by atoms with Crippen LogP contribution in [0.4, 0.5) is 16.1 Å². The molecule has 0 saturated carbocycles. The van der Waals surface area contributed by atoms with Gasteiger partial charge in [-0.1, -0.05) is 5.16 Å². The van der Waals surface area contributed by atoms with E-state index in [1.807, 2.05) is 0 Å². The number of aromatic nitrogens is 2. The molecule has 6 nitrogen and oxygen atoms in total. The van der Waals surface area contributed by atoms with Gasteiger partial charge in [-0.3, -0.25) is 10.1 Å². The number of benzene rings is 1. The van der Waals surface area contributed by atoms with Crippen LogP contribution in [0.1, 0.15) is 16.2 Å². The molecule has 0 spiro atoms. The highest BCUT2D eigenvalue weighted by Gasteiger charge is 2.11. The minimum atomic E-state index is -0.574. The van der Waals surface area contributed by atoms with Crippen LogP contribution in [0, 0.1) is 12.7 Å². The average molecular weight is 236 g/mol. The molecule has 7 heteroatoms. The predicted octanol–water partition coefficient (Wildman–Crippen LogP) is 1.35. The van der Waals surface area contributed by atoms with Crippen LogP contribution in [0.5, 0.6) is 0 Å². The van der Waals surface area contributed by atoms with Crippen LogP contribution in [0.3, 0.4) is 0 Å². The quantitative estimate of drug-likeness (QED) is 0.767. The third kappa shape index (κ3) is 2.39. The zero-order valence-electron chi connectivity index (χ0n) is 8.90. The zero-order valence-corrected chi connectivity index (χ0v) is 8.90. The smallest absolute Gasteiger partial charge is 0.328 e. The molecule has 2 aromatic rings. The summed E-state index contributed by atoms with van der Waals surface area (Å²) in [7, 11) is 0. The van der Waals surface area contributed by atoms with Crippen molar-refractivity contribution in [3.8, 4) is 0 Å². The predicted molar refractivity (Wildman–Crippen MR) is 57.8 cm³/mol. The molecule has 0 atom stereocenters. The van der Waals surface area contributed by atoms with E-state index in [0.717, 1.165) is 6.07 Å². The van der Waals surface area contributed by atoms with E-state index in [1.54, 1.807) is 6.92 Å². The van der Waals surface area contributed by atoms with Crippen molar-refractivity contribution in [2.75, 3.05) is 11.1 Å². The first-order chi connectivity index (χ1) is 8.06. The van der Waals surface area contributed by atoms with E-state index in [-0.39, 0.29) is 17.3 Å². The molecule has 0 fully saturated rings. The normalized spacial score (nSPS) is 10.2. The summed E-state index contributed by atoms with van der Waals surface area (Å²) in [5.74, 6) is -0.672. The molecule has 0 unspecified atom stereocenters. The molecule has 1 aromatic heterocycles. The number of halogens is 1. The van der Waals surface area contributed by atoms with Gasteiger partial charge in [0, 0.05) is 5.56 Å². The van der Waals surface area contributed by atoms with Crippen LogP contribution in [0.2, 0.25) is 0 Å². The number of nitrogens with one attached hydrogen (secondary N) is 1. The largest absolute Gasteiger partial charge is 0.396 e. The fraction of sp³-hybridized carbons (Fsp3) is 0.100. The Labute approximate surface area is 95.6 Å². The Morgan fingerprint density at radius 3 is 2.88 bits per heavy atom. The molecular weight excluding hydrogens is 227 g/mol. The van der Waals surface area contributed by atoms with Crippen molar-refractivity contribution in [2.24, 2.45) is 0 Å². The van der Waals surface area contributed by atoms with Gasteiger partial charge in [0.25, 0.3) is 5.91 Å². The molecule has 88 valence electrons. The molecule has 0 aliphatic rings. The lowest BCUT2D eigenvalue weighted by Crippen LogP contribution is -2.12. The lowest BCUT2D eigenvalue weighted by molar-refractivity contribution is 0.102. The van der Waals surface area contributed by atoms with E-state index in [2.05, 4.69) is 15.5 Å². The highest BCUT2D eigenvalue weighted by molar-refractivity contribution is 6.03. The lowest BCUT2D eigenvalue weighted by Gasteiger charge is -2.02. The van der Waals surface area contributed by atoms with Crippen molar-refractivity contribution < 1.29 is 13.7 Å². The summed E-state index contributed by atoms with van der Waals surface area (Å²) in [5.41, 5.74) is 5.46. The van der Waals surface area contributed by atoms with Crippen LogP contribution in [0.25, 0.3) is 0 Å². The highest BCUT2D eigenvalue weighted by Crippen LogP contribution is 2.13. The van der Waals surface area contributed by atoms with Gasteiger partial charge in [0.2, 0.25) is 0 Å². The topological polar surface area (TPSA) is 94.0 Å². The van der Waals surface area contributed by atoms with Crippen LogP contribution in [0.15, 0.2) is 22.7 Å². The average Bonchev–Trinajstić information content (AvgIpc) is 2.68. The number of anilines is 2. The van der Waals surface area contributed by atoms with Gasteiger partial charge in [0.15, 0.2) is 5.82 Å². The van der Waals surface area contributed by atoms with E-state index in [1.165, 1.54) is 12.1 Å². The van der Waals surface area contributed by atoms with E-state index < -0.39 is 11.7 Å². The molecule has 0 saturated heterocycles. The molecule has 2 rings (SSSR count). The van der Waals surface area contributed by atoms with E-state index >= 15 is 0 Å². The number of hydrogen-bond donors (Lipinski definition) is 2. The molecule has 3 N–H and O–H groups in total. The standard InChI is InChI=1S/C10H9FN4O2/c1-5-13-10(17-15-5)14-9(16)6-2-3-7(11)8(12)4-6/h2-4H,12H2,1H3,(H,13,14,15,16). The fourth-order valence-electron chi connectivity index (χ4n) is 1.20. The number of nitrogens with zero attached hydrogens (tertiary/aromatic N) is 2. The van der Waals surface area contributed by atoms with Gasteiger partial charge in [-0.15, -0.1) is 0 Å². The molecule has 0 radical (unpaired) electrons. The first kappa shape index (κ1) is 11.1. The molecular formula is C10H9FN4O2. The minimum Gasteiger partial charge on any atom is -0.396 e. The third-order valence-electron chi connectivity index (χ3n) is 2.01. The second kappa shape index (κ2) is 4.20. The van der Waals surface area contributed by atoms with Gasteiger partial charge in [-0.25, -0.2) is 4.39 Å². The molecule has 0 aliphatic heterocycles. The maximum Gasteiger partial charge on any atom is 0.328 e. The number of rotatable bonds is 2. The number of carbonyl (C=O) groups is 1. The van der Waals surface area contributed by atoms with Gasteiger partial charge >= 0.3 is 6.01 Å². The van der Waals surface area contributed by atoms with Crippen LogP contribution in [-0.4, -0.2) is 16.0 Å². The van der Waals surface area contributed by atoms with Crippen molar-refractivity contribution in [1.82, 2.24) is 10.1 Å². The second-order valence-electron chi connectivity index (χ2n) is 3.34. The number of nitrogens with two attached hydrogens (primary N) is 1. The number of hydrogen-bond acceptors (Lipinski definition) is 5. The Morgan fingerprint density at radius 1 is 1.53 bits per heavy atom. The Balaban J connectivity index is 2.17. The maximum atomic E-state index is 12.9. The first-order valence-corrected chi connectivity index (χ1v) is 4.73. The molecule has 0 aliphatic carbocycles. The van der Waals surface area contributed by atoms with Crippen molar-refractivity contribution in [2.45, 2.75) is 6.92 Å². The number of nitrogen functional groups attached to an aromatic ring is 1. The highest BCUT2D eigenvalue weighted by atomic mass is 19.1. The van der Waals surface area contributed by atoms with Gasteiger partial charge in [0.05, 0.1) is 5.69 Å². The SMILES string of the molecule is Cc1noc(NC(=O)c2ccc(F)c(N)c2)n1. The summed E-state index contributed by atoms with van der Waals surface area (Å²) in [6.45, 7) is 1.62. The van der Waals surface area contributed by atoms with Crippen molar-refractivity contribution in [1.29, 1.82) is 0 Å². The zero-order chi connectivity index (χ0) is 12.4. The van der Waals surface area contributed by atoms with E-state index in [4.69, 9.17) is 10.3 Å². The van der Waals surface area contributed by atoms with Gasteiger partial charge < -0.3 is 10.3 Å². The van der Waals surface area contributed by atoms with Crippen LogP contribution < -0.4 is 11.1 Å². The Hall–Kier alpha value is -2.44. The van der Waals surface area contributed by atoms with Crippen molar-refractivity contribution in [3.63, 3.8) is 0 Å². The summed E-state index contributed by atoms with van der Waals surface area (Å²) >= 11 is 0. The van der Waals surface area contributed by atoms with Gasteiger partial charge in [0.1, 0.15) is 5.82 Å². The Kier molecular flexibility index (Phi) is 2.73. The number of carbonyl (C=O) groups excluding carboxylic acids is 1. The first-order valence-electron chi connectivity index (χ1n) is 4.73. The summed E-state index contributed by atoms with van der Waals surface area (Å²) in [6.07, 6.45) is 0. The van der Waals surface area contributed by atoms with E-state index in [0.29, 0.717) is 5.82 Å². The lowest BCUT2D eigenvalue weighted by atomic mass is 10.2. The summed E-state index contributed by atoms with van der Waals surface area (Å²) in [5, 5.41) is 5.88. The molecule has 1 heterocycles. The number of aryl methyl sites for hydroxylation is 1. The Morgan fingerprint density at radius 2 is 2.29 bits per heavy atom. The molecule has 1 aromatic carbocycles. The second-order valence-corrected chi connectivity index (χ2v) is 3.34. The summed E-state index contributed by atoms with van der Waals surface area (Å²) in [4.78, 5) is 15.5. The molecule has 17 heavy (non-hydrogen) atoms. The van der Waals surface area contributed by atoms with E-state index in [9.17, 15) is 9.18 Å². The van der Waals surface area contributed by atoms with Crippen molar-refractivity contribution >= 4 is 17.6 Å². The van der Waals surface area contributed by atoms with Crippen LogP contribution in [-0.2, 0) is 0 Å². The molecule has 1 amide bonds. The minimum absolute atomic E-state index is 0.0182.